The molecular formula is C36H46ClN7O4. The molecule has 0 spiro atoms. The number of hydrogen-bond donors (Lipinski definition) is 2. The summed E-state index contributed by atoms with van der Waals surface area (Å²) in [7, 11) is 2.16. The third-order valence-electron chi connectivity index (χ3n) is 10.4. The Morgan fingerprint density at radius 3 is 2.38 bits per heavy atom. The van der Waals surface area contributed by atoms with Gasteiger partial charge >= 0.3 is 12.1 Å². The van der Waals surface area contributed by atoms with Gasteiger partial charge in [0.05, 0.1) is 10.7 Å². The number of nitrogen functional groups attached to an aromatic ring is 1. The van der Waals surface area contributed by atoms with Crippen molar-refractivity contribution in [2.24, 2.45) is 0 Å². The topological polar surface area (TPSA) is 115 Å². The van der Waals surface area contributed by atoms with Gasteiger partial charge in [0.1, 0.15) is 0 Å². The molecule has 3 fully saturated rings. The van der Waals surface area contributed by atoms with Crippen LogP contribution in [0.1, 0.15) is 42.4 Å². The molecule has 11 nitrogen and oxygen atoms in total. The lowest BCUT2D eigenvalue weighted by molar-refractivity contribution is -0.143. The number of nitrogens with zero attached hydrogens (tertiary/aromatic N) is 5. The number of para-hydroxylation sites is 1. The molecule has 0 radical (unpaired) electrons. The summed E-state index contributed by atoms with van der Waals surface area (Å²) in [5.41, 5.74) is 9.43. The summed E-state index contributed by atoms with van der Waals surface area (Å²) >= 11 is 6.39. The molecule has 3 N–H and O–H groups in total. The predicted molar refractivity (Wildman–Crippen MR) is 187 cm³/mol. The molecule has 4 aliphatic heterocycles. The smallest absolute Gasteiger partial charge is 0.410 e. The number of benzene rings is 2. The van der Waals surface area contributed by atoms with Gasteiger partial charge in [0.2, 0.25) is 0 Å². The Labute approximate surface area is 288 Å². The van der Waals surface area contributed by atoms with Crippen LogP contribution in [0.25, 0.3) is 0 Å². The number of carbonyl (C=O) groups excluding carboxylic acids is 3. The fourth-order valence-corrected chi connectivity index (χ4v) is 7.71. The van der Waals surface area contributed by atoms with Crippen LogP contribution in [0.5, 0.6) is 0 Å². The van der Waals surface area contributed by atoms with E-state index in [1.54, 1.807) is 17.0 Å². The second kappa shape index (κ2) is 15.1. The van der Waals surface area contributed by atoms with Crippen molar-refractivity contribution >= 4 is 41.0 Å². The van der Waals surface area contributed by atoms with E-state index in [9.17, 15) is 14.4 Å². The van der Waals surface area contributed by atoms with Crippen LogP contribution in [0.15, 0.2) is 36.4 Å². The highest BCUT2D eigenvalue weighted by atomic mass is 35.5. The van der Waals surface area contributed by atoms with Crippen molar-refractivity contribution in [2.75, 3.05) is 77.0 Å². The Bertz CT molecular complexity index is 1540. The number of urea groups is 1. The monoisotopic (exact) mass is 675 g/mol. The van der Waals surface area contributed by atoms with Crippen LogP contribution in [-0.4, -0.2) is 127 Å². The summed E-state index contributed by atoms with van der Waals surface area (Å²) in [6.07, 6.45) is 8.48. The molecule has 48 heavy (non-hydrogen) atoms. The summed E-state index contributed by atoms with van der Waals surface area (Å²) in [5.74, 6) is 2.33. The molecule has 256 valence electrons. The van der Waals surface area contributed by atoms with E-state index < -0.39 is 12.2 Å². The maximum Gasteiger partial charge on any atom is 0.410 e. The number of anilines is 2. The summed E-state index contributed by atoms with van der Waals surface area (Å²) in [4.78, 5) is 50.9. The van der Waals surface area contributed by atoms with Gasteiger partial charge in [-0.05, 0) is 81.6 Å². The first kappa shape index (κ1) is 33.9. The molecule has 4 heterocycles. The molecule has 0 aliphatic carbocycles. The van der Waals surface area contributed by atoms with Crippen LogP contribution < -0.4 is 11.1 Å². The van der Waals surface area contributed by atoms with Gasteiger partial charge in [-0.3, -0.25) is 9.69 Å². The number of rotatable bonds is 6. The molecule has 1 atom stereocenters. The normalized spacial score (nSPS) is 20.8. The zero-order valence-electron chi connectivity index (χ0n) is 27.7. The van der Waals surface area contributed by atoms with Crippen LogP contribution in [0.2, 0.25) is 5.02 Å². The first-order valence-electron chi connectivity index (χ1n) is 17.1. The van der Waals surface area contributed by atoms with Gasteiger partial charge in [0.15, 0.2) is 6.10 Å². The number of terminal acetylenes is 1. The van der Waals surface area contributed by atoms with Crippen LogP contribution in [-0.2, 0) is 22.4 Å². The van der Waals surface area contributed by atoms with E-state index in [0.717, 1.165) is 56.7 Å². The number of piperidine rings is 2. The average molecular weight is 676 g/mol. The Morgan fingerprint density at radius 2 is 1.67 bits per heavy atom. The minimum absolute atomic E-state index is 0.000698. The van der Waals surface area contributed by atoms with Crippen molar-refractivity contribution < 1.29 is 19.1 Å². The van der Waals surface area contributed by atoms with E-state index >= 15 is 0 Å². The summed E-state index contributed by atoms with van der Waals surface area (Å²) in [6.45, 7) is 6.36. The molecule has 4 aliphatic rings. The number of ether oxygens (including phenoxy) is 1. The van der Waals surface area contributed by atoms with Crippen molar-refractivity contribution in [3.05, 3.63) is 58.1 Å². The van der Waals surface area contributed by atoms with Crippen LogP contribution in [0, 0.1) is 12.3 Å². The third-order valence-corrected chi connectivity index (χ3v) is 10.7. The highest BCUT2D eigenvalue weighted by molar-refractivity contribution is 6.33. The maximum atomic E-state index is 14.0. The second-order valence-electron chi connectivity index (χ2n) is 13.4. The number of carbonyl (C=O) groups is 3. The third kappa shape index (κ3) is 7.67. The maximum absolute atomic E-state index is 14.0. The molecule has 6 rings (SSSR count). The number of halogens is 1. The summed E-state index contributed by atoms with van der Waals surface area (Å²) in [5, 5.41) is 3.34. The van der Waals surface area contributed by atoms with E-state index in [1.807, 2.05) is 34.1 Å². The highest BCUT2D eigenvalue weighted by Crippen LogP contribution is 2.28. The number of piperazine rings is 1. The lowest BCUT2D eigenvalue weighted by Crippen LogP contribution is -2.56. The van der Waals surface area contributed by atoms with E-state index in [2.05, 4.69) is 28.1 Å². The second-order valence-corrected chi connectivity index (χ2v) is 13.8. The Kier molecular flexibility index (Phi) is 10.6. The lowest BCUT2D eigenvalue weighted by Gasteiger charge is -2.42. The molecule has 2 aromatic rings. The van der Waals surface area contributed by atoms with E-state index in [-0.39, 0.29) is 24.4 Å². The molecule has 12 heteroatoms. The van der Waals surface area contributed by atoms with Gasteiger partial charge in [-0.25, -0.2) is 9.59 Å². The van der Waals surface area contributed by atoms with Gasteiger partial charge in [-0.2, -0.15) is 0 Å². The number of hydrogen-bond acceptors (Lipinski definition) is 7. The number of fused-ring (bicyclic) bond motifs is 1. The van der Waals surface area contributed by atoms with Gasteiger partial charge < -0.3 is 35.4 Å². The molecule has 0 saturated carbocycles. The van der Waals surface area contributed by atoms with Gasteiger partial charge in [0.25, 0.3) is 5.91 Å². The van der Waals surface area contributed by atoms with Crippen LogP contribution in [0.3, 0.4) is 0 Å². The molecule has 0 bridgehead atoms. The van der Waals surface area contributed by atoms with Gasteiger partial charge in [-0.1, -0.05) is 35.7 Å². The minimum Gasteiger partial charge on any atom is -0.436 e. The average Bonchev–Trinajstić information content (AvgIpc) is 3.27. The fraction of sp³-hybridized carbons (Fsp3) is 0.528. The first-order chi connectivity index (χ1) is 23.2. The largest absolute Gasteiger partial charge is 0.436 e. The van der Waals surface area contributed by atoms with E-state index in [0.29, 0.717) is 73.4 Å². The standard InChI is InChI=1S/C36H46ClN7O4/c1-3-26-22-25(23-30(37)33(26)38)24-32(34(45)42-20-18-41(19-21-42)28-9-13-40(2)14-10-28)48-36(47)43-15-11-29(12-16-43)44-17-8-27-6-4-5-7-31(27)39-35(44)46/h1,4-7,22-23,28-29,32H,8-21,24,38H2,2H3,(H,39,46)/t32-/m1/s1. The quantitative estimate of drug-likeness (QED) is 0.354. The molecule has 0 unspecified atom stereocenters. The lowest BCUT2D eigenvalue weighted by atomic mass is 10.0. The first-order valence-corrected chi connectivity index (χ1v) is 17.4. The van der Waals surface area contributed by atoms with Crippen LogP contribution in [0.4, 0.5) is 21.0 Å². The number of amides is 4. The van der Waals surface area contributed by atoms with Crippen molar-refractivity contribution in [2.45, 2.75) is 56.7 Å². The Balaban J connectivity index is 1.10. The Morgan fingerprint density at radius 1 is 0.979 bits per heavy atom. The van der Waals surface area contributed by atoms with Crippen molar-refractivity contribution in [1.29, 1.82) is 0 Å². The molecule has 2 aromatic carbocycles. The van der Waals surface area contributed by atoms with E-state index in [4.69, 9.17) is 28.5 Å². The zero-order valence-corrected chi connectivity index (χ0v) is 28.5. The molecule has 3 saturated heterocycles. The van der Waals surface area contributed by atoms with E-state index in [1.165, 1.54) is 0 Å². The number of likely N-dealkylation sites (tertiary alicyclic amines) is 2. The van der Waals surface area contributed by atoms with Gasteiger partial charge in [0, 0.05) is 75.6 Å². The van der Waals surface area contributed by atoms with Crippen molar-refractivity contribution in [3.8, 4) is 12.3 Å². The summed E-state index contributed by atoms with van der Waals surface area (Å²) in [6, 6.07) is 11.7. The van der Waals surface area contributed by atoms with Gasteiger partial charge in [-0.15, -0.1) is 6.42 Å². The highest BCUT2D eigenvalue weighted by Gasteiger charge is 2.36. The number of nitrogens with one attached hydrogen (secondary N) is 1. The fourth-order valence-electron chi connectivity index (χ4n) is 7.47. The van der Waals surface area contributed by atoms with Crippen LogP contribution >= 0.6 is 11.6 Å². The van der Waals surface area contributed by atoms with Crippen molar-refractivity contribution in [3.63, 3.8) is 0 Å². The zero-order chi connectivity index (χ0) is 33.8. The SMILES string of the molecule is C#Cc1cc(C[C@@H](OC(=O)N2CCC(N3CCc4ccccc4NC3=O)CC2)C(=O)N2CCN(C3CCN(C)CC3)CC2)cc(Cl)c1N. The Hall–Kier alpha value is -3.98. The molecule has 4 amide bonds. The molecule has 0 aromatic heterocycles. The van der Waals surface area contributed by atoms with Crippen molar-refractivity contribution in [1.82, 2.24) is 24.5 Å². The molecular weight excluding hydrogens is 630 g/mol. The minimum atomic E-state index is -1.05. The predicted octanol–water partition coefficient (Wildman–Crippen LogP) is 3.74. The summed E-state index contributed by atoms with van der Waals surface area (Å²) < 4.78 is 6.03. The number of nitrogens with two attached hydrogens (primary N) is 1.